The van der Waals surface area contributed by atoms with Crippen molar-refractivity contribution in [2.24, 2.45) is 0 Å². The number of amides is 2. The van der Waals surface area contributed by atoms with Crippen LogP contribution in [0.3, 0.4) is 0 Å². The topological polar surface area (TPSA) is 89.8 Å². The van der Waals surface area contributed by atoms with Crippen molar-refractivity contribution in [3.05, 3.63) is 66.9 Å². The summed E-state index contributed by atoms with van der Waals surface area (Å²) in [4.78, 5) is 16.7. The third-order valence-electron chi connectivity index (χ3n) is 4.26. The number of hydrogen-bond donors (Lipinski definition) is 2. The molecule has 164 valence electrons. The summed E-state index contributed by atoms with van der Waals surface area (Å²) in [5, 5.41) is 9.58. The number of methoxy groups -OCH3 is 1. The molecule has 2 aromatic carbocycles. The van der Waals surface area contributed by atoms with Crippen LogP contribution in [0, 0.1) is 0 Å². The lowest BCUT2D eigenvalue weighted by Crippen LogP contribution is -2.20. The molecule has 8 nitrogen and oxygen atoms in total. The van der Waals surface area contributed by atoms with Gasteiger partial charge in [0.05, 0.1) is 19.0 Å². The van der Waals surface area contributed by atoms with Gasteiger partial charge in [-0.25, -0.2) is 14.3 Å². The van der Waals surface area contributed by atoms with E-state index in [1.165, 1.54) is 16.6 Å². The molecule has 0 bridgehead atoms. The van der Waals surface area contributed by atoms with Gasteiger partial charge in [0.25, 0.3) is 0 Å². The van der Waals surface area contributed by atoms with Crippen LogP contribution in [0.2, 0.25) is 0 Å². The zero-order valence-electron chi connectivity index (χ0n) is 16.6. The minimum Gasteiger partial charge on any atom is -0.497 e. The second-order valence-electron chi connectivity index (χ2n) is 6.54. The number of alkyl halides is 3. The third kappa shape index (κ3) is 5.06. The van der Waals surface area contributed by atoms with Crippen LogP contribution in [0.4, 0.5) is 29.3 Å². The Labute approximate surface area is 179 Å². The van der Waals surface area contributed by atoms with E-state index in [1.807, 2.05) is 24.3 Å². The molecule has 0 spiro atoms. The van der Waals surface area contributed by atoms with Crippen molar-refractivity contribution < 1.29 is 27.4 Å². The highest BCUT2D eigenvalue weighted by Crippen LogP contribution is 2.24. The van der Waals surface area contributed by atoms with E-state index in [9.17, 15) is 18.0 Å². The number of halogens is 3. The quantitative estimate of drug-likeness (QED) is 0.456. The Bertz CT molecular complexity index is 1260. The summed E-state index contributed by atoms with van der Waals surface area (Å²) in [5.41, 5.74) is 2.08. The fourth-order valence-electron chi connectivity index (χ4n) is 2.87. The Morgan fingerprint density at radius 1 is 0.969 bits per heavy atom. The highest BCUT2D eigenvalue weighted by molar-refractivity contribution is 5.99. The monoisotopic (exact) mass is 443 g/mol. The summed E-state index contributed by atoms with van der Waals surface area (Å²) in [7, 11) is 1.57. The first-order valence-electron chi connectivity index (χ1n) is 9.24. The molecule has 0 aliphatic heterocycles. The van der Waals surface area contributed by atoms with E-state index in [0.717, 1.165) is 17.7 Å². The molecule has 0 radical (unpaired) electrons. The van der Waals surface area contributed by atoms with Crippen molar-refractivity contribution in [2.75, 3.05) is 17.7 Å². The summed E-state index contributed by atoms with van der Waals surface area (Å²) in [6.45, 7) is 0. The number of benzene rings is 2. The van der Waals surface area contributed by atoms with Crippen LogP contribution in [0.5, 0.6) is 11.5 Å². The second kappa shape index (κ2) is 8.46. The first kappa shape index (κ1) is 21.0. The van der Waals surface area contributed by atoms with E-state index in [0.29, 0.717) is 28.6 Å². The number of fused-ring (bicyclic) bond motifs is 1. The molecule has 0 saturated carbocycles. The number of nitrogens with one attached hydrogen (secondary N) is 2. The molecular weight excluding hydrogens is 427 g/mol. The van der Waals surface area contributed by atoms with Gasteiger partial charge in [-0.1, -0.05) is 12.1 Å². The fraction of sp³-hybridized carbons (Fsp3) is 0.0952. The van der Waals surface area contributed by atoms with E-state index < -0.39 is 12.4 Å². The highest BCUT2D eigenvalue weighted by atomic mass is 19.4. The average molecular weight is 443 g/mol. The number of hydrogen-bond acceptors (Lipinski definition) is 5. The van der Waals surface area contributed by atoms with Gasteiger partial charge in [-0.05, 0) is 48.5 Å². The average Bonchev–Trinajstić information content (AvgIpc) is 3.17. The zero-order chi connectivity index (χ0) is 22.7. The van der Waals surface area contributed by atoms with Crippen molar-refractivity contribution in [3.63, 3.8) is 0 Å². The third-order valence-corrected chi connectivity index (χ3v) is 4.26. The molecule has 2 amide bonds. The zero-order valence-corrected chi connectivity index (χ0v) is 16.6. The van der Waals surface area contributed by atoms with Crippen LogP contribution in [0.15, 0.2) is 66.9 Å². The standard InChI is InChI=1S/C21H16F3N5O3/c1-31-17-4-2-3-13(11-17)19-27-18-10-7-15(12-29(18)28-19)26-20(30)25-14-5-8-16(9-6-14)32-21(22,23)24/h2-12H,1H3,(H2,25,26,30). The molecule has 0 atom stereocenters. The van der Waals surface area contributed by atoms with E-state index in [-0.39, 0.29) is 5.75 Å². The Morgan fingerprint density at radius 3 is 2.41 bits per heavy atom. The van der Waals surface area contributed by atoms with E-state index in [4.69, 9.17) is 4.74 Å². The maximum atomic E-state index is 12.2. The number of urea groups is 1. The second-order valence-corrected chi connectivity index (χ2v) is 6.54. The van der Waals surface area contributed by atoms with Gasteiger partial charge in [-0.2, -0.15) is 0 Å². The van der Waals surface area contributed by atoms with E-state index >= 15 is 0 Å². The number of nitrogens with zero attached hydrogens (tertiary/aromatic N) is 3. The number of rotatable bonds is 5. The van der Waals surface area contributed by atoms with Crippen molar-refractivity contribution in [3.8, 4) is 22.9 Å². The lowest BCUT2D eigenvalue weighted by Gasteiger charge is -2.10. The predicted molar refractivity (Wildman–Crippen MR) is 111 cm³/mol. The first-order chi connectivity index (χ1) is 15.3. The Balaban J connectivity index is 1.44. The molecule has 0 saturated heterocycles. The lowest BCUT2D eigenvalue weighted by molar-refractivity contribution is -0.274. The van der Waals surface area contributed by atoms with Gasteiger partial charge in [0.1, 0.15) is 11.5 Å². The van der Waals surface area contributed by atoms with Crippen LogP contribution in [-0.4, -0.2) is 34.1 Å². The summed E-state index contributed by atoms with van der Waals surface area (Å²) >= 11 is 0. The lowest BCUT2D eigenvalue weighted by atomic mass is 10.2. The number of aromatic nitrogens is 3. The largest absolute Gasteiger partial charge is 0.573 e. The molecule has 0 aliphatic carbocycles. The molecular formula is C21H16F3N5O3. The van der Waals surface area contributed by atoms with Gasteiger partial charge >= 0.3 is 12.4 Å². The number of anilines is 2. The molecule has 2 N–H and O–H groups in total. The maximum Gasteiger partial charge on any atom is 0.573 e. The van der Waals surface area contributed by atoms with Crippen molar-refractivity contribution in [1.82, 2.24) is 14.6 Å². The van der Waals surface area contributed by atoms with Gasteiger partial charge in [0.2, 0.25) is 0 Å². The van der Waals surface area contributed by atoms with E-state index in [2.05, 4.69) is 25.5 Å². The molecule has 2 aromatic heterocycles. The summed E-state index contributed by atoms with van der Waals surface area (Å²) in [6, 6.07) is 14.9. The Morgan fingerprint density at radius 2 is 1.69 bits per heavy atom. The minimum atomic E-state index is -4.78. The molecule has 2 heterocycles. The molecule has 4 aromatic rings. The van der Waals surface area contributed by atoms with Crippen LogP contribution < -0.4 is 20.1 Å². The summed E-state index contributed by atoms with van der Waals surface area (Å²) in [5.74, 6) is 0.789. The van der Waals surface area contributed by atoms with Gasteiger partial charge in [-0.3, -0.25) is 0 Å². The van der Waals surface area contributed by atoms with Crippen LogP contribution >= 0.6 is 0 Å². The van der Waals surface area contributed by atoms with Gasteiger partial charge in [0, 0.05) is 11.3 Å². The first-order valence-corrected chi connectivity index (χ1v) is 9.24. The fourth-order valence-corrected chi connectivity index (χ4v) is 2.87. The predicted octanol–water partition coefficient (Wildman–Crippen LogP) is 4.95. The molecule has 0 fully saturated rings. The number of carbonyl (C=O) groups is 1. The summed E-state index contributed by atoms with van der Waals surface area (Å²) in [6.07, 6.45) is -3.19. The molecule has 0 aliphatic rings. The maximum absolute atomic E-state index is 12.2. The van der Waals surface area contributed by atoms with Crippen molar-refractivity contribution in [1.29, 1.82) is 0 Å². The summed E-state index contributed by atoms with van der Waals surface area (Å²) < 4.78 is 47.2. The molecule has 11 heteroatoms. The minimum absolute atomic E-state index is 0.291. The van der Waals surface area contributed by atoms with Gasteiger partial charge in [-0.15, -0.1) is 18.3 Å². The van der Waals surface area contributed by atoms with Gasteiger partial charge < -0.3 is 20.1 Å². The molecule has 32 heavy (non-hydrogen) atoms. The SMILES string of the molecule is COc1cccc(-c2nc3ccc(NC(=O)Nc4ccc(OC(F)(F)F)cc4)cn3n2)c1. The molecule has 4 rings (SSSR count). The Hall–Kier alpha value is -4.28. The van der Waals surface area contributed by atoms with Gasteiger partial charge in [0.15, 0.2) is 11.5 Å². The van der Waals surface area contributed by atoms with Crippen LogP contribution in [0.25, 0.3) is 17.0 Å². The van der Waals surface area contributed by atoms with Crippen LogP contribution in [0.1, 0.15) is 0 Å². The normalized spacial score (nSPS) is 11.2. The van der Waals surface area contributed by atoms with E-state index in [1.54, 1.807) is 25.4 Å². The smallest absolute Gasteiger partial charge is 0.497 e. The highest BCUT2D eigenvalue weighted by Gasteiger charge is 2.30. The van der Waals surface area contributed by atoms with Crippen molar-refractivity contribution >= 4 is 23.1 Å². The number of pyridine rings is 1. The Kier molecular flexibility index (Phi) is 5.54. The molecule has 0 unspecified atom stereocenters. The number of ether oxygens (including phenoxy) is 2. The van der Waals surface area contributed by atoms with Crippen LogP contribution in [-0.2, 0) is 0 Å². The number of carbonyl (C=O) groups excluding carboxylic acids is 1. The van der Waals surface area contributed by atoms with Crippen molar-refractivity contribution in [2.45, 2.75) is 6.36 Å².